The number of carboxylic acids is 1. The highest BCUT2D eigenvalue weighted by atomic mass is 32.1. The summed E-state index contributed by atoms with van der Waals surface area (Å²) in [7, 11) is 0. The fraction of sp³-hybridized carbons (Fsp3) is 0.750. The van der Waals surface area contributed by atoms with Crippen molar-refractivity contribution in [1.29, 1.82) is 0 Å². The summed E-state index contributed by atoms with van der Waals surface area (Å²) in [6.45, 7) is 2.69. The van der Waals surface area contributed by atoms with Crippen LogP contribution in [0, 0.1) is 0 Å². The molecule has 0 aliphatic heterocycles. The van der Waals surface area contributed by atoms with Crippen LogP contribution in [0.3, 0.4) is 0 Å². The third kappa shape index (κ3) is 3.55. The molecule has 0 saturated heterocycles. The number of aliphatic hydroxyl groups is 1. The summed E-state index contributed by atoms with van der Waals surface area (Å²) in [5.74, 6) is -1.71. The molecule has 0 fully saturated rings. The number of carbonyl (C=O) groups excluding carboxylic acids is 1. The van der Waals surface area contributed by atoms with Gasteiger partial charge in [-0.3, -0.25) is 4.79 Å². The number of carboxylic acid groups (broad SMARTS) is 1. The highest BCUT2D eigenvalue weighted by Crippen LogP contribution is 2.15. The molecule has 0 aromatic rings. The van der Waals surface area contributed by atoms with Crippen LogP contribution in [0.25, 0.3) is 0 Å². The Bertz CT molecular complexity index is 231. The molecule has 14 heavy (non-hydrogen) atoms. The highest BCUT2D eigenvalue weighted by molar-refractivity contribution is 7.80. The zero-order valence-corrected chi connectivity index (χ0v) is 9.04. The number of amides is 1. The van der Waals surface area contributed by atoms with Crippen molar-refractivity contribution in [3.05, 3.63) is 0 Å². The van der Waals surface area contributed by atoms with Gasteiger partial charge in [0.25, 0.3) is 0 Å². The van der Waals surface area contributed by atoms with Gasteiger partial charge in [-0.1, -0.05) is 0 Å². The first-order valence-corrected chi connectivity index (χ1v) is 4.78. The van der Waals surface area contributed by atoms with Crippen molar-refractivity contribution in [2.24, 2.45) is 0 Å². The van der Waals surface area contributed by atoms with Crippen LogP contribution in [-0.4, -0.2) is 39.5 Å². The zero-order valence-electron chi connectivity index (χ0n) is 8.15. The highest BCUT2D eigenvalue weighted by Gasteiger charge is 2.39. The van der Waals surface area contributed by atoms with Crippen molar-refractivity contribution in [3.8, 4) is 0 Å². The number of hydrogen-bond donors (Lipinski definition) is 4. The molecule has 6 heteroatoms. The van der Waals surface area contributed by atoms with Crippen LogP contribution in [0.15, 0.2) is 0 Å². The minimum Gasteiger partial charge on any atom is -0.479 e. The Morgan fingerprint density at radius 3 is 2.29 bits per heavy atom. The van der Waals surface area contributed by atoms with E-state index in [1.54, 1.807) is 0 Å². The summed E-state index contributed by atoms with van der Waals surface area (Å²) in [6, 6.07) is 0. The van der Waals surface area contributed by atoms with E-state index in [9.17, 15) is 9.59 Å². The maximum absolute atomic E-state index is 10.9. The van der Waals surface area contributed by atoms with Crippen LogP contribution < -0.4 is 5.32 Å². The lowest BCUT2D eigenvalue weighted by Crippen LogP contribution is -2.57. The smallest absolute Gasteiger partial charge is 0.330 e. The fourth-order valence-electron chi connectivity index (χ4n) is 1.20. The van der Waals surface area contributed by atoms with Gasteiger partial charge in [0.2, 0.25) is 5.91 Å². The monoisotopic (exact) mass is 221 g/mol. The van der Waals surface area contributed by atoms with Crippen molar-refractivity contribution in [2.45, 2.75) is 31.9 Å². The standard InChI is InChI=1S/C8H15NO4S/c1-5(10)3-8(4-14,7(12)13)9-6(2)11/h5,10,14H,3-4H2,1-2H3,(H,9,11)(H,12,13)/t5?,8-/m0/s1. The van der Waals surface area contributed by atoms with Gasteiger partial charge in [0.15, 0.2) is 0 Å². The molecular formula is C8H15NO4S. The Labute approximate surface area is 87.9 Å². The Morgan fingerprint density at radius 1 is 1.57 bits per heavy atom. The molecule has 0 spiro atoms. The number of nitrogens with one attached hydrogen (secondary N) is 1. The topological polar surface area (TPSA) is 86.6 Å². The van der Waals surface area contributed by atoms with Crippen molar-refractivity contribution < 1.29 is 19.8 Å². The van der Waals surface area contributed by atoms with E-state index in [1.807, 2.05) is 0 Å². The molecule has 3 N–H and O–H groups in total. The molecule has 0 rings (SSSR count). The Hall–Kier alpha value is -0.750. The fourth-order valence-corrected chi connectivity index (χ4v) is 1.55. The van der Waals surface area contributed by atoms with Crippen LogP contribution in [0.2, 0.25) is 0 Å². The second kappa shape index (κ2) is 5.21. The predicted octanol–water partition coefficient (Wildman–Crippen LogP) is -0.353. The van der Waals surface area contributed by atoms with Crippen LogP contribution >= 0.6 is 12.6 Å². The zero-order chi connectivity index (χ0) is 11.4. The molecule has 0 radical (unpaired) electrons. The third-order valence-electron chi connectivity index (χ3n) is 1.74. The number of rotatable bonds is 5. The van der Waals surface area contributed by atoms with Crippen molar-refractivity contribution in [2.75, 3.05) is 5.75 Å². The van der Waals surface area contributed by atoms with E-state index in [0.717, 1.165) is 0 Å². The number of thiol groups is 1. The van der Waals surface area contributed by atoms with Crippen LogP contribution in [0.4, 0.5) is 0 Å². The van der Waals surface area contributed by atoms with E-state index in [2.05, 4.69) is 17.9 Å². The summed E-state index contributed by atoms with van der Waals surface area (Å²) >= 11 is 3.88. The molecular weight excluding hydrogens is 206 g/mol. The van der Waals surface area contributed by atoms with E-state index < -0.39 is 23.5 Å². The van der Waals surface area contributed by atoms with Gasteiger partial charge < -0.3 is 15.5 Å². The molecule has 1 unspecified atom stereocenters. The number of aliphatic carboxylic acids is 1. The summed E-state index contributed by atoms with van der Waals surface area (Å²) in [4.78, 5) is 21.8. The molecule has 0 aliphatic rings. The molecule has 0 saturated carbocycles. The van der Waals surface area contributed by atoms with Crippen molar-refractivity contribution in [1.82, 2.24) is 5.32 Å². The first kappa shape index (κ1) is 13.2. The lowest BCUT2D eigenvalue weighted by molar-refractivity contribution is -0.147. The summed E-state index contributed by atoms with van der Waals surface area (Å²) < 4.78 is 0. The van der Waals surface area contributed by atoms with E-state index in [4.69, 9.17) is 10.2 Å². The minimum absolute atomic E-state index is 0.0627. The normalized spacial score (nSPS) is 16.9. The summed E-state index contributed by atoms with van der Waals surface area (Å²) in [6.07, 6.45) is -0.879. The second-order valence-electron chi connectivity index (χ2n) is 3.28. The minimum atomic E-state index is -1.48. The van der Waals surface area contributed by atoms with Gasteiger partial charge in [-0.15, -0.1) is 0 Å². The number of hydrogen-bond acceptors (Lipinski definition) is 4. The Kier molecular flexibility index (Phi) is 4.93. The van der Waals surface area contributed by atoms with Gasteiger partial charge in [-0.2, -0.15) is 12.6 Å². The molecule has 5 nitrogen and oxygen atoms in total. The number of aliphatic hydroxyl groups excluding tert-OH is 1. The van der Waals surface area contributed by atoms with E-state index in [0.29, 0.717) is 0 Å². The molecule has 0 aromatic heterocycles. The van der Waals surface area contributed by atoms with Gasteiger partial charge in [0.1, 0.15) is 5.54 Å². The predicted molar refractivity (Wildman–Crippen MR) is 54.3 cm³/mol. The van der Waals surface area contributed by atoms with Crippen LogP contribution in [-0.2, 0) is 9.59 Å². The first-order valence-electron chi connectivity index (χ1n) is 4.15. The van der Waals surface area contributed by atoms with Crippen molar-refractivity contribution >= 4 is 24.5 Å². The SMILES string of the molecule is CC(=O)N[C@](CS)(CC(C)O)C(=O)O. The quantitative estimate of drug-likeness (QED) is 0.478. The van der Waals surface area contributed by atoms with Crippen LogP contribution in [0.5, 0.6) is 0 Å². The van der Waals surface area contributed by atoms with E-state index in [1.165, 1.54) is 13.8 Å². The van der Waals surface area contributed by atoms with Gasteiger partial charge in [0.05, 0.1) is 6.10 Å². The van der Waals surface area contributed by atoms with Gasteiger partial charge >= 0.3 is 5.97 Å². The molecule has 82 valence electrons. The molecule has 0 aliphatic carbocycles. The van der Waals surface area contributed by atoms with Crippen molar-refractivity contribution in [3.63, 3.8) is 0 Å². The summed E-state index contributed by atoms with van der Waals surface area (Å²) in [5.41, 5.74) is -1.48. The molecule has 0 bridgehead atoms. The Morgan fingerprint density at radius 2 is 2.07 bits per heavy atom. The lowest BCUT2D eigenvalue weighted by atomic mass is 9.94. The summed E-state index contributed by atoms with van der Waals surface area (Å²) in [5, 5.41) is 20.4. The maximum atomic E-state index is 10.9. The lowest BCUT2D eigenvalue weighted by Gasteiger charge is -2.29. The van der Waals surface area contributed by atoms with E-state index >= 15 is 0 Å². The number of carbonyl (C=O) groups is 2. The molecule has 2 atom stereocenters. The molecule has 0 heterocycles. The van der Waals surface area contributed by atoms with Gasteiger partial charge in [-0.05, 0) is 6.92 Å². The largest absolute Gasteiger partial charge is 0.479 e. The second-order valence-corrected chi connectivity index (χ2v) is 3.60. The molecule has 1 amide bonds. The van der Waals surface area contributed by atoms with E-state index in [-0.39, 0.29) is 12.2 Å². The third-order valence-corrected chi connectivity index (χ3v) is 2.28. The average Bonchev–Trinajstić information content (AvgIpc) is 2.00. The molecule has 0 aromatic carbocycles. The van der Waals surface area contributed by atoms with Crippen LogP contribution in [0.1, 0.15) is 20.3 Å². The first-order chi connectivity index (χ1) is 6.34. The Balaban J connectivity index is 4.78. The maximum Gasteiger partial charge on any atom is 0.330 e. The van der Waals surface area contributed by atoms with Gasteiger partial charge in [0, 0.05) is 19.1 Å². The van der Waals surface area contributed by atoms with Gasteiger partial charge in [-0.25, -0.2) is 4.79 Å². The average molecular weight is 221 g/mol.